The van der Waals surface area contributed by atoms with Gasteiger partial charge in [0, 0.05) is 0 Å². The predicted molar refractivity (Wildman–Crippen MR) is 40.7 cm³/mol. The van der Waals surface area contributed by atoms with Crippen LogP contribution in [0.4, 0.5) is 0 Å². The Kier molecular flexibility index (Phi) is 2.80. The van der Waals surface area contributed by atoms with Gasteiger partial charge in [-0.15, -0.1) is 23.1 Å². The molecule has 3 heteroatoms. The second kappa shape index (κ2) is 3.69. The first-order valence-corrected chi connectivity index (χ1v) is 4.31. The van der Waals surface area contributed by atoms with E-state index in [0.29, 0.717) is 5.75 Å². The average Bonchev–Trinajstić information content (AvgIpc) is 2.34. The van der Waals surface area contributed by atoms with Gasteiger partial charge in [-0.1, -0.05) is 6.07 Å². The summed E-state index contributed by atoms with van der Waals surface area (Å²) in [6.07, 6.45) is 1.83. The molecule has 0 aliphatic carbocycles. The molecular weight excluding hydrogens is 152 g/mol. The SMILES string of the molecule is O=[C]CSc1cccs1. The number of rotatable bonds is 3. The van der Waals surface area contributed by atoms with Crippen molar-refractivity contribution in [3.8, 4) is 0 Å². The molecule has 0 aromatic carbocycles. The minimum Gasteiger partial charge on any atom is -0.290 e. The molecule has 0 N–H and O–H groups in total. The molecule has 1 aromatic rings. The molecular formula is C6H5OS2. The Balaban J connectivity index is 2.38. The summed E-state index contributed by atoms with van der Waals surface area (Å²) in [5.41, 5.74) is 0. The summed E-state index contributed by atoms with van der Waals surface area (Å²) in [4.78, 5) is 9.76. The van der Waals surface area contributed by atoms with Crippen molar-refractivity contribution in [2.75, 3.05) is 5.75 Å². The number of hydrogen-bond acceptors (Lipinski definition) is 3. The summed E-state index contributed by atoms with van der Waals surface area (Å²) in [5.74, 6) is 0.445. The zero-order chi connectivity index (χ0) is 6.53. The lowest BCUT2D eigenvalue weighted by molar-refractivity contribution is 0.560. The Labute approximate surface area is 62.1 Å². The first-order chi connectivity index (χ1) is 4.43. The molecule has 1 rings (SSSR count). The van der Waals surface area contributed by atoms with Gasteiger partial charge in [-0.05, 0) is 11.4 Å². The molecule has 1 aromatic heterocycles. The molecule has 9 heavy (non-hydrogen) atoms. The molecule has 1 heterocycles. The lowest BCUT2D eigenvalue weighted by Crippen LogP contribution is -1.73. The van der Waals surface area contributed by atoms with Crippen LogP contribution in [-0.2, 0) is 4.79 Å². The van der Waals surface area contributed by atoms with Crippen LogP contribution < -0.4 is 0 Å². The van der Waals surface area contributed by atoms with E-state index < -0.39 is 0 Å². The van der Waals surface area contributed by atoms with Crippen molar-refractivity contribution < 1.29 is 4.79 Å². The highest BCUT2D eigenvalue weighted by Gasteiger charge is 1.90. The Hall–Kier alpha value is -0.280. The number of hydrogen-bond donors (Lipinski definition) is 0. The van der Waals surface area contributed by atoms with Gasteiger partial charge in [0.05, 0.1) is 9.96 Å². The topological polar surface area (TPSA) is 17.1 Å². The lowest BCUT2D eigenvalue weighted by Gasteiger charge is -1.84. The van der Waals surface area contributed by atoms with Crippen LogP contribution in [0.3, 0.4) is 0 Å². The van der Waals surface area contributed by atoms with E-state index in [2.05, 4.69) is 0 Å². The van der Waals surface area contributed by atoms with E-state index >= 15 is 0 Å². The number of thioether (sulfide) groups is 1. The van der Waals surface area contributed by atoms with Gasteiger partial charge in [0.25, 0.3) is 0 Å². The predicted octanol–water partition coefficient (Wildman–Crippen LogP) is 1.95. The van der Waals surface area contributed by atoms with Crippen molar-refractivity contribution in [3.63, 3.8) is 0 Å². The van der Waals surface area contributed by atoms with E-state index in [4.69, 9.17) is 0 Å². The smallest absolute Gasteiger partial charge is 0.209 e. The van der Waals surface area contributed by atoms with Crippen LogP contribution in [0, 0.1) is 0 Å². The maximum atomic E-state index is 9.76. The third-order valence-corrected chi connectivity index (χ3v) is 2.76. The summed E-state index contributed by atoms with van der Waals surface area (Å²) < 4.78 is 1.18. The minimum absolute atomic E-state index is 0.445. The Morgan fingerprint density at radius 2 is 2.67 bits per heavy atom. The Bertz CT molecular complexity index is 169. The first-order valence-electron chi connectivity index (χ1n) is 2.45. The quantitative estimate of drug-likeness (QED) is 0.624. The molecule has 0 atom stereocenters. The molecule has 0 aliphatic heterocycles. The van der Waals surface area contributed by atoms with E-state index in [1.807, 2.05) is 23.8 Å². The first kappa shape index (κ1) is 6.83. The van der Waals surface area contributed by atoms with E-state index in [-0.39, 0.29) is 0 Å². The summed E-state index contributed by atoms with van der Waals surface area (Å²) in [6.45, 7) is 0. The Morgan fingerprint density at radius 1 is 1.78 bits per heavy atom. The second-order valence-electron chi connectivity index (χ2n) is 1.37. The van der Waals surface area contributed by atoms with Crippen molar-refractivity contribution in [3.05, 3.63) is 17.5 Å². The molecule has 47 valence electrons. The van der Waals surface area contributed by atoms with Gasteiger partial charge in [-0.25, -0.2) is 0 Å². The highest BCUT2D eigenvalue weighted by Crippen LogP contribution is 2.21. The largest absolute Gasteiger partial charge is 0.290 e. The van der Waals surface area contributed by atoms with Crippen molar-refractivity contribution in [2.24, 2.45) is 0 Å². The summed E-state index contributed by atoms with van der Waals surface area (Å²) >= 11 is 3.17. The monoisotopic (exact) mass is 157 g/mol. The number of thiophene rings is 1. The second-order valence-corrected chi connectivity index (χ2v) is 3.59. The van der Waals surface area contributed by atoms with Crippen molar-refractivity contribution >= 4 is 29.4 Å². The van der Waals surface area contributed by atoms with Gasteiger partial charge >= 0.3 is 0 Å². The van der Waals surface area contributed by atoms with Crippen molar-refractivity contribution in [1.29, 1.82) is 0 Å². The Morgan fingerprint density at radius 3 is 3.22 bits per heavy atom. The zero-order valence-electron chi connectivity index (χ0n) is 4.66. The van der Waals surface area contributed by atoms with Crippen molar-refractivity contribution in [1.82, 2.24) is 0 Å². The fraction of sp³-hybridized carbons (Fsp3) is 0.167. The minimum atomic E-state index is 0.445. The van der Waals surface area contributed by atoms with Crippen LogP contribution in [0.5, 0.6) is 0 Å². The van der Waals surface area contributed by atoms with E-state index in [9.17, 15) is 4.79 Å². The third kappa shape index (κ3) is 2.20. The maximum absolute atomic E-state index is 9.76. The maximum Gasteiger partial charge on any atom is 0.209 e. The molecule has 0 saturated carbocycles. The normalized spacial score (nSPS) is 9.33. The van der Waals surface area contributed by atoms with Gasteiger partial charge in [0.1, 0.15) is 0 Å². The fourth-order valence-corrected chi connectivity index (χ4v) is 1.89. The van der Waals surface area contributed by atoms with Gasteiger partial charge < -0.3 is 0 Å². The number of carbonyl (C=O) groups excluding carboxylic acids is 1. The molecule has 0 fully saturated rings. The van der Waals surface area contributed by atoms with Crippen LogP contribution in [0.15, 0.2) is 21.7 Å². The summed E-state index contributed by atoms with van der Waals surface area (Å²) in [5, 5.41) is 1.99. The highest BCUT2D eigenvalue weighted by molar-refractivity contribution is 8.01. The fourth-order valence-electron chi connectivity index (χ4n) is 0.446. The average molecular weight is 157 g/mol. The van der Waals surface area contributed by atoms with Crippen LogP contribution in [0.2, 0.25) is 0 Å². The van der Waals surface area contributed by atoms with Crippen LogP contribution >= 0.6 is 23.1 Å². The van der Waals surface area contributed by atoms with Crippen LogP contribution in [0.25, 0.3) is 0 Å². The summed E-state index contributed by atoms with van der Waals surface area (Å²) in [7, 11) is 0. The molecule has 1 radical (unpaired) electrons. The van der Waals surface area contributed by atoms with E-state index in [1.54, 1.807) is 11.3 Å². The van der Waals surface area contributed by atoms with E-state index in [0.717, 1.165) is 0 Å². The molecule has 0 bridgehead atoms. The standard InChI is InChI=1S/C6H5OS2/c7-3-5-9-6-2-1-4-8-6/h1-2,4H,5H2. The van der Waals surface area contributed by atoms with Gasteiger partial charge in [0.2, 0.25) is 6.29 Å². The lowest BCUT2D eigenvalue weighted by atomic mass is 10.7. The molecule has 1 nitrogen and oxygen atoms in total. The highest BCUT2D eigenvalue weighted by atomic mass is 32.2. The van der Waals surface area contributed by atoms with Gasteiger partial charge in [-0.3, -0.25) is 4.79 Å². The molecule has 0 spiro atoms. The molecule has 0 aliphatic rings. The molecule has 0 amide bonds. The third-order valence-electron chi connectivity index (χ3n) is 0.768. The molecule has 0 saturated heterocycles. The summed E-state index contributed by atoms with van der Waals surface area (Å²) in [6, 6.07) is 3.96. The van der Waals surface area contributed by atoms with Crippen LogP contribution in [0.1, 0.15) is 0 Å². The van der Waals surface area contributed by atoms with Crippen LogP contribution in [-0.4, -0.2) is 12.0 Å². The molecule has 0 unspecified atom stereocenters. The van der Waals surface area contributed by atoms with Gasteiger partial charge in [0.15, 0.2) is 0 Å². The van der Waals surface area contributed by atoms with Gasteiger partial charge in [-0.2, -0.15) is 0 Å². The van der Waals surface area contributed by atoms with E-state index in [1.165, 1.54) is 16.0 Å². The zero-order valence-corrected chi connectivity index (χ0v) is 6.30. The van der Waals surface area contributed by atoms with Crippen molar-refractivity contribution in [2.45, 2.75) is 4.21 Å².